The Morgan fingerprint density at radius 2 is 1.79 bits per heavy atom. The molecule has 0 bridgehead atoms. The standard InChI is InChI=1S/C26H33N5O2/c1-18(2)25(29-22-8-6-5-7-9-22)24(14-27)28-23-12-10-20(11-13-23)15-30(4)26(33)21-16-31(17-21)19(3)32/h5-14,18,21,28H,15-17,27H2,1-4H3/b24-14+,29-25?. The molecule has 0 aliphatic carbocycles. The Labute approximate surface area is 196 Å². The Morgan fingerprint density at radius 1 is 1.15 bits per heavy atom. The number of nitrogens with zero attached hydrogens (tertiary/aromatic N) is 3. The molecule has 0 saturated carbocycles. The smallest absolute Gasteiger partial charge is 0.229 e. The molecule has 2 aromatic rings. The highest BCUT2D eigenvalue weighted by Gasteiger charge is 2.35. The molecule has 3 N–H and O–H groups in total. The number of amides is 2. The molecule has 2 amide bonds. The number of hydrogen-bond acceptors (Lipinski definition) is 5. The molecule has 7 heteroatoms. The Hall–Kier alpha value is -3.61. The van der Waals surface area contributed by atoms with Gasteiger partial charge >= 0.3 is 0 Å². The van der Waals surface area contributed by atoms with Crippen molar-refractivity contribution < 1.29 is 9.59 Å². The first-order valence-electron chi connectivity index (χ1n) is 11.2. The minimum absolute atomic E-state index is 0.0186. The average molecular weight is 448 g/mol. The monoisotopic (exact) mass is 447 g/mol. The number of allylic oxidation sites excluding steroid dienone is 1. The predicted octanol–water partition coefficient (Wildman–Crippen LogP) is 3.76. The summed E-state index contributed by atoms with van der Waals surface area (Å²) in [5.41, 5.74) is 10.4. The first kappa shape index (κ1) is 24.0. The lowest BCUT2D eigenvalue weighted by Gasteiger charge is -2.39. The summed E-state index contributed by atoms with van der Waals surface area (Å²) in [5.74, 6) is 0.166. The maximum Gasteiger partial charge on any atom is 0.229 e. The van der Waals surface area contributed by atoms with Crippen molar-refractivity contribution in [3.8, 4) is 0 Å². The van der Waals surface area contributed by atoms with Gasteiger partial charge in [0.25, 0.3) is 0 Å². The van der Waals surface area contributed by atoms with E-state index < -0.39 is 0 Å². The lowest BCUT2D eigenvalue weighted by atomic mass is 9.98. The van der Waals surface area contributed by atoms with Crippen LogP contribution in [0.4, 0.5) is 11.4 Å². The highest BCUT2D eigenvalue weighted by molar-refractivity contribution is 6.05. The number of carbonyl (C=O) groups excluding carboxylic acids is 2. The van der Waals surface area contributed by atoms with Crippen molar-refractivity contribution in [2.24, 2.45) is 22.6 Å². The Balaban J connectivity index is 1.62. The van der Waals surface area contributed by atoms with E-state index in [2.05, 4.69) is 19.2 Å². The van der Waals surface area contributed by atoms with Crippen LogP contribution >= 0.6 is 0 Å². The second-order valence-electron chi connectivity index (χ2n) is 8.70. The lowest BCUT2D eigenvalue weighted by Crippen LogP contribution is -2.55. The summed E-state index contributed by atoms with van der Waals surface area (Å²) in [6.45, 7) is 7.24. The van der Waals surface area contributed by atoms with Crippen LogP contribution in [0.3, 0.4) is 0 Å². The van der Waals surface area contributed by atoms with Gasteiger partial charge in [0.15, 0.2) is 0 Å². The lowest BCUT2D eigenvalue weighted by molar-refractivity contribution is -0.146. The van der Waals surface area contributed by atoms with E-state index in [0.29, 0.717) is 19.6 Å². The van der Waals surface area contributed by atoms with Crippen LogP contribution in [0.25, 0.3) is 0 Å². The van der Waals surface area contributed by atoms with Gasteiger partial charge in [-0.2, -0.15) is 0 Å². The summed E-state index contributed by atoms with van der Waals surface area (Å²) < 4.78 is 0. The molecule has 1 aliphatic rings. The van der Waals surface area contributed by atoms with Crippen molar-refractivity contribution in [2.75, 3.05) is 25.5 Å². The van der Waals surface area contributed by atoms with Gasteiger partial charge in [-0.25, -0.2) is 0 Å². The number of carbonyl (C=O) groups is 2. The van der Waals surface area contributed by atoms with Gasteiger partial charge in [-0.3, -0.25) is 14.6 Å². The quantitative estimate of drug-likeness (QED) is 0.603. The molecular formula is C26H33N5O2. The molecule has 0 atom stereocenters. The van der Waals surface area contributed by atoms with E-state index in [4.69, 9.17) is 10.7 Å². The van der Waals surface area contributed by atoms with Crippen LogP contribution in [0.5, 0.6) is 0 Å². The summed E-state index contributed by atoms with van der Waals surface area (Å²) in [5, 5.41) is 3.37. The van der Waals surface area contributed by atoms with E-state index in [9.17, 15) is 9.59 Å². The molecule has 1 saturated heterocycles. The van der Waals surface area contributed by atoms with Crippen molar-refractivity contribution in [3.63, 3.8) is 0 Å². The van der Waals surface area contributed by atoms with Gasteiger partial charge < -0.3 is 20.9 Å². The highest BCUT2D eigenvalue weighted by atomic mass is 16.2. The number of anilines is 1. The maximum absolute atomic E-state index is 12.6. The summed E-state index contributed by atoms with van der Waals surface area (Å²) in [4.78, 5) is 32.1. The van der Waals surface area contributed by atoms with Crippen LogP contribution < -0.4 is 11.1 Å². The van der Waals surface area contributed by atoms with Crippen LogP contribution in [-0.2, 0) is 16.1 Å². The fraction of sp³-hybridized carbons (Fsp3) is 0.346. The van der Waals surface area contributed by atoms with Gasteiger partial charge in [0.05, 0.1) is 23.0 Å². The van der Waals surface area contributed by atoms with E-state index in [1.165, 1.54) is 6.92 Å². The molecule has 174 valence electrons. The summed E-state index contributed by atoms with van der Waals surface area (Å²) >= 11 is 0. The molecule has 1 aliphatic heterocycles. The van der Waals surface area contributed by atoms with E-state index in [1.54, 1.807) is 23.0 Å². The molecule has 0 unspecified atom stereocenters. The third-order valence-corrected chi connectivity index (χ3v) is 5.70. The number of para-hydroxylation sites is 1. The summed E-state index contributed by atoms with van der Waals surface area (Å²) in [7, 11) is 1.80. The zero-order chi connectivity index (χ0) is 24.0. The highest BCUT2D eigenvalue weighted by Crippen LogP contribution is 2.21. The van der Waals surface area contributed by atoms with Gasteiger partial charge in [-0.05, 0) is 35.7 Å². The second kappa shape index (κ2) is 10.8. The van der Waals surface area contributed by atoms with E-state index >= 15 is 0 Å². The molecule has 2 aromatic carbocycles. The van der Waals surface area contributed by atoms with Crippen molar-refractivity contribution in [2.45, 2.75) is 27.3 Å². The Morgan fingerprint density at radius 3 is 2.33 bits per heavy atom. The van der Waals surface area contributed by atoms with Gasteiger partial charge in [0.1, 0.15) is 0 Å². The van der Waals surface area contributed by atoms with Crippen molar-refractivity contribution >= 4 is 28.9 Å². The molecule has 0 radical (unpaired) electrons. The van der Waals surface area contributed by atoms with Gasteiger partial charge in [-0.15, -0.1) is 0 Å². The SMILES string of the molecule is CC(=O)N1CC(C(=O)N(C)Cc2ccc(N/C(=C/N)C(=Nc3ccccc3)C(C)C)cc2)C1. The number of nitrogens with two attached hydrogens (primary N) is 1. The Bertz CT molecular complexity index is 1020. The van der Waals surface area contributed by atoms with Crippen molar-refractivity contribution in [3.05, 3.63) is 72.1 Å². The van der Waals surface area contributed by atoms with Crippen LogP contribution in [0, 0.1) is 11.8 Å². The molecule has 1 fully saturated rings. The zero-order valence-electron chi connectivity index (χ0n) is 19.8. The minimum atomic E-state index is -0.101. The fourth-order valence-electron chi connectivity index (χ4n) is 3.74. The molecule has 7 nitrogen and oxygen atoms in total. The number of aliphatic imine (C=N–C) groups is 1. The van der Waals surface area contributed by atoms with E-state index in [-0.39, 0.29) is 23.7 Å². The number of nitrogens with one attached hydrogen (secondary N) is 1. The number of benzene rings is 2. The molecule has 0 aromatic heterocycles. The fourth-order valence-corrected chi connectivity index (χ4v) is 3.74. The second-order valence-corrected chi connectivity index (χ2v) is 8.70. The van der Waals surface area contributed by atoms with Crippen LogP contribution in [0.1, 0.15) is 26.3 Å². The van der Waals surface area contributed by atoms with Crippen LogP contribution in [-0.4, -0.2) is 47.5 Å². The number of likely N-dealkylation sites (tertiary alicyclic amines) is 1. The van der Waals surface area contributed by atoms with E-state index in [1.807, 2.05) is 54.6 Å². The van der Waals surface area contributed by atoms with Crippen molar-refractivity contribution in [1.29, 1.82) is 0 Å². The average Bonchev–Trinajstić information content (AvgIpc) is 2.76. The summed E-state index contributed by atoms with van der Waals surface area (Å²) in [6.07, 6.45) is 1.55. The summed E-state index contributed by atoms with van der Waals surface area (Å²) in [6, 6.07) is 17.7. The number of hydrogen-bond donors (Lipinski definition) is 2. The normalized spacial score (nSPS) is 14.8. The van der Waals surface area contributed by atoms with Crippen LogP contribution in [0.15, 0.2) is 71.5 Å². The molecule has 1 heterocycles. The maximum atomic E-state index is 12.6. The molecular weight excluding hydrogens is 414 g/mol. The first-order valence-corrected chi connectivity index (χ1v) is 11.2. The third kappa shape index (κ3) is 6.22. The van der Waals surface area contributed by atoms with Gasteiger partial charge in [0.2, 0.25) is 11.8 Å². The minimum Gasteiger partial charge on any atom is -0.403 e. The predicted molar refractivity (Wildman–Crippen MR) is 133 cm³/mol. The van der Waals surface area contributed by atoms with E-state index in [0.717, 1.165) is 28.3 Å². The zero-order valence-corrected chi connectivity index (χ0v) is 19.8. The Kier molecular flexibility index (Phi) is 7.87. The topological polar surface area (TPSA) is 91.0 Å². The molecule has 0 spiro atoms. The molecule has 3 rings (SSSR count). The third-order valence-electron chi connectivity index (χ3n) is 5.70. The first-order chi connectivity index (χ1) is 15.8. The largest absolute Gasteiger partial charge is 0.403 e. The number of rotatable bonds is 8. The van der Waals surface area contributed by atoms with Crippen molar-refractivity contribution in [1.82, 2.24) is 9.80 Å². The van der Waals surface area contributed by atoms with Gasteiger partial charge in [0, 0.05) is 45.5 Å². The van der Waals surface area contributed by atoms with Crippen LogP contribution in [0.2, 0.25) is 0 Å². The molecule has 33 heavy (non-hydrogen) atoms. The van der Waals surface area contributed by atoms with Gasteiger partial charge in [-0.1, -0.05) is 44.2 Å².